The van der Waals surface area contributed by atoms with E-state index in [1.54, 1.807) is 19.1 Å². The van der Waals surface area contributed by atoms with Crippen molar-refractivity contribution in [2.45, 2.75) is 26.2 Å². The van der Waals surface area contributed by atoms with Gasteiger partial charge in [0.15, 0.2) is 0 Å². The molecule has 2 atom stereocenters. The van der Waals surface area contributed by atoms with Crippen LogP contribution in [0.25, 0.3) is 0 Å². The molecule has 0 amide bonds. The van der Waals surface area contributed by atoms with E-state index < -0.39 is 23.8 Å². The van der Waals surface area contributed by atoms with Gasteiger partial charge in [0.1, 0.15) is 0 Å². The lowest BCUT2D eigenvalue weighted by Gasteiger charge is -2.30. The van der Waals surface area contributed by atoms with Crippen molar-refractivity contribution in [1.29, 1.82) is 0 Å². The Kier molecular flexibility index (Phi) is 4.51. The lowest BCUT2D eigenvalue weighted by molar-refractivity contribution is -0.156. The van der Waals surface area contributed by atoms with E-state index in [-0.39, 0.29) is 5.92 Å². The average molecular weight is 315 g/mol. The Morgan fingerprint density at radius 2 is 1.78 bits per heavy atom. The molecule has 0 saturated heterocycles. The molecule has 1 aromatic rings. The molecular weight excluding hydrogens is 300 g/mol. The second-order valence-electron chi connectivity index (χ2n) is 4.57. The van der Waals surface area contributed by atoms with Gasteiger partial charge in [0.25, 0.3) is 0 Å². The first-order chi connectivity index (χ1) is 8.27. The van der Waals surface area contributed by atoms with E-state index in [9.17, 15) is 14.7 Å². The summed E-state index contributed by atoms with van der Waals surface area (Å²) in [6, 6.07) is 7.24. The highest BCUT2D eigenvalue weighted by atomic mass is 79.9. The fourth-order valence-electron chi connectivity index (χ4n) is 1.85. The van der Waals surface area contributed by atoms with E-state index in [4.69, 9.17) is 5.11 Å². The highest BCUT2D eigenvalue weighted by Gasteiger charge is 2.41. The third-order valence-electron chi connectivity index (χ3n) is 3.33. The fraction of sp³-hybridized carbons (Fsp3) is 0.385. The second kappa shape index (κ2) is 5.52. The number of carboxylic acid groups (broad SMARTS) is 2. The summed E-state index contributed by atoms with van der Waals surface area (Å²) in [6.07, 6.45) is -0.403. The molecular formula is C13H15BrO4. The predicted octanol–water partition coefficient (Wildman–Crippen LogP) is 3.12. The second-order valence-corrected chi connectivity index (χ2v) is 5.48. The maximum atomic E-state index is 11.4. The molecule has 5 heteroatoms. The van der Waals surface area contributed by atoms with Gasteiger partial charge in [-0.1, -0.05) is 35.0 Å². The van der Waals surface area contributed by atoms with Gasteiger partial charge in [-0.25, -0.2) is 0 Å². The molecule has 0 aliphatic heterocycles. The van der Waals surface area contributed by atoms with Crippen molar-refractivity contribution < 1.29 is 19.8 Å². The molecule has 2 N–H and O–H groups in total. The van der Waals surface area contributed by atoms with E-state index in [0.29, 0.717) is 0 Å². The van der Waals surface area contributed by atoms with E-state index >= 15 is 0 Å². The van der Waals surface area contributed by atoms with Crippen molar-refractivity contribution in [3.8, 4) is 0 Å². The van der Waals surface area contributed by atoms with Crippen LogP contribution in [0.4, 0.5) is 0 Å². The van der Waals surface area contributed by atoms with Gasteiger partial charge in [-0.3, -0.25) is 9.59 Å². The highest BCUT2D eigenvalue weighted by molar-refractivity contribution is 9.10. The van der Waals surface area contributed by atoms with Crippen molar-refractivity contribution >= 4 is 27.9 Å². The third kappa shape index (κ3) is 3.10. The number of aliphatic carboxylic acids is 2. The van der Waals surface area contributed by atoms with Crippen molar-refractivity contribution in [3.63, 3.8) is 0 Å². The van der Waals surface area contributed by atoms with Crippen LogP contribution in [0.1, 0.15) is 31.7 Å². The molecule has 0 aromatic heterocycles. The topological polar surface area (TPSA) is 74.6 Å². The minimum absolute atomic E-state index is 0.390. The zero-order chi connectivity index (χ0) is 13.9. The summed E-state index contributed by atoms with van der Waals surface area (Å²) >= 11 is 3.30. The maximum absolute atomic E-state index is 11.4. The zero-order valence-corrected chi connectivity index (χ0v) is 11.8. The van der Waals surface area contributed by atoms with Gasteiger partial charge in [0.05, 0.1) is 11.8 Å². The highest BCUT2D eigenvalue weighted by Crippen LogP contribution is 2.39. The van der Waals surface area contributed by atoms with Crippen molar-refractivity contribution in [3.05, 3.63) is 34.3 Å². The largest absolute Gasteiger partial charge is 0.481 e. The number of carbonyl (C=O) groups is 2. The van der Waals surface area contributed by atoms with Crippen LogP contribution in [0.2, 0.25) is 0 Å². The number of carboxylic acids is 2. The summed E-state index contributed by atoms with van der Waals surface area (Å²) in [5, 5.41) is 18.2. The lowest BCUT2D eigenvalue weighted by atomic mass is 9.72. The first kappa shape index (κ1) is 14.7. The summed E-state index contributed by atoms with van der Waals surface area (Å²) in [5.74, 6) is -2.59. The maximum Gasteiger partial charge on any atom is 0.310 e. The standard InChI is InChI=1S/C13H15BrO4/c1-8(9-3-5-10(14)6-4-9)13(2,12(17)18)7-11(15)16/h3-6,8H,7H2,1-2H3,(H,15,16)(H,17,18)/t8-,13?/m1/s1. The van der Waals surface area contributed by atoms with Crippen LogP contribution in [0.15, 0.2) is 28.7 Å². The molecule has 98 valence electrons. The normalized spacial score (nSPS) is 15.7. The quantitative estimate of drug-likeness (QED) is 0.875. The van der Waals surface area contributed by atoms with Gasteiger partial charge in [0, 0.05) is 4.47 Å². The summed E-state index contributed by atoms with van der Waals surface area (Å²) in [7, 11) is 0. The molecule has 0 saturated carbocycles. The molecule has 0 aliphatic carbocycles. The summed E-state index contributed by atoms with van der Waals surface area (Å²) < 4.78 is 0.897. The van der Waals surface area contributed by atoms with Gasteiger partial charge in [-0.15, -0.1) is 0 Å². The van der Waals surface area contributed by atoms with Gasteiger partial charge in [-0.05, 0) is 30.5 Å². The summed E-state index contributed by atoms with van der Waals surface area (Å²) in [5.41, 5.74) is -0.510. The van der Waals surface area contributed by atoms with E-state index in [0.717, 1.165) is 10.0 Å². The van der Waals surface area contributed by atoms with Crippen LogP contribution in [0.5, 0.6) is 0 Å². The molecule has 0 heterocycles. The smallest absolute Gasteiger partial charge is 0.310 e. The SMILES string of the molecule is C[C@H](c1ccc(Br)cc1)C(C)(CC(=O)O)C(=O)O. The van der Waals surface area contributed by atoms with Crippen LogP contribution in [-0.4, -0.2) is 22.2 Å². The Bertz CT molecular complexity index is 455. The molecule has 1 rings (SSSR count). The molecule has 1 aromatic carbocycles. The minimum Gasteiger partial charge on any atom is -0.481 e. The molecule has 1 unspecified atom stereocenters. The monoisotopic (exact) mass is 314 g/mol. The van der Waals surface area contributed by atoms with E-state index in [1.807, 2.05) is 12.1 Å². The first-order valence-corrected chi connectivity index (χ1v) is 6.27. The average Bonchev–Trinajstić information content (AvgIpc) is 2.27. The van der Waals surface area contributed by atoms with Crippen LogP contribution < -0.4 is 0 Å². The van der Waals surface area contributed by atoms with Crippen LogP contribution in [0.3, 0.4) is 0 Å². The first-order valence-electron chi connectivity index (χ1n) is 5.48. The summed E-state index contributed by atoms with van der Waals surface area (Å²) in [4.78, 5) is 22.2. The van der Waals surface area contributed by atoms with E-state index in [2.05, 4.69) is 15.9 Å². The van der Waals surface area contributed by atoms with Crippen LogP contribution >= 0.6 is 15.9 Å². The number of benzene rings is 1. The number of halogens is 1. The van der Waals surface area contributed by atoms with Crippen molar-refractivity contribution in [2.75, 3.05) is 0 Å². The lowest BCUT2D eigenvalue weighted by Crippen LogP contribution is -2.35. The Morgan fingerprint density at radius 1 is 1.28 bits per heavy atom. The number of hydrogen-bond donors (Lipinski definition) is 2. The van der Waals surface area contributed by atoms with Gasteiger partial charge in [-0.2, -0.15) is 0 Å². The van der Waals surface area contributed by atoms with Crippen molar-refractivity contribution in [2.24, 2.45) is 5.41 Å². The summed E-state index contributed by atoms with van der Waals surface area (Å²) in [6.45, 7) is 3.20. The number of hydrogen-bond acceptors (Lipinski definition) is 2. The molecule has 0 radical (unpaired) electrons. The van der Waals surface area contributed by atoms with Gasteiger partial charge in [0.2, 0.25) is 0 Å². The van der Waals surface area contributed by atoms with Gasteiger partial charge < -0.3 is 10.2 Å². The molecule has 0 bridgehead atoms. The molecule has 0 aliphatic rings. The van der Waals surface area contributed by atoms with Crippen molar-refractivity contribution in [1.82, 2.24) is 0 Å². The van der Waals surface area contributed by atoms with E-state index in [1.165, 1.54) is 6.92 Å². The molecule has 0 fully saturated rings. The van der Waals surface area contributed by atoms with Crippen LogP contribution in [-0.2, 0) is 9.59 Å². The minimum atomic E-state index is -1.32. The Morgan fingerprint density at radius 3 is 2.17 bits per heavy atom. The molecule has 0 spiro atoms. The van der Waals surface area contributed by atoms with Gasteiger partial charge >= 0.3 is 11.9 Å². The Hall–Kier alpha value is -1.36. The predicted molar refractivity (Wildman–Crippen MR) is 70.6 cm³/mol. The molecule has 4 nitrogen and oxygen atoms in total. The zero-order valence-electron chi connectivity index (χ0n) is 10.2. The Labute approximate surface area is 114 Å². The fourth-order valence-corrected chi connectivity index (χ4v) is 2.11. The number of rotatable bonds is 5. The third-order valence-corrected chi connectivity index (χ3v) is 3.86. The van der Waals surface area contributed by atoms with Crippen LogP contribution in [0, 0.1) is 5.41 Å². The Balaban J connectivity index is 3.10. The molecule has 18 heavy (non-hydrogen) atoms.